The van der Waals surface area contributed by atoms with E-state index >= 15 is 0 Å². The van der Waals surface area contributed by atoms with Crippen molar-refractivity contribution in [3.8, 4) is 6.07 Å². The Labute approximate surface area is 163 Å². The molecule has 0 unspecified atom stereocenters. The molecule has 0 aliphatic heterocycles. The van der Waals surface area contributed by atoms with Crippen LogP contribution in [-0.2, 0) is 4.79 Å². The number of nitrogens with one attached hydrogen (secondary N) is 1. The number of thioether (sulfide) groups is 1. The Hall–Kier alpha value is -2.78. The lowest BCUT2D eigenvalue weighted by atomic mass is 10.1. The number of hydrogen-bond donors (Lipinski definition) is 1. The first-order valence-electron chi connectivity index (χ1n) is 8.81. The summed E-state index contributed by atoms with van der Waals surface area (Å²) in [5.41, 5.74) is 6.17. The molecule has 0 bridgehead atoms. The molecular formula is C21H22N4OS. The third-order valence-electron chi connectivity index (χ3n) is 4.50. The van der Waals surface area contributed by atoms with Gasteiger partial charge in [0.2, 0.25) is 5.91 Å². The molecule has 3 rings (SSSR count). The maximum Gasteiger partial charge on any atom is 0.237 e. The average Bonchev–Trinajstić information content (AvgIpc) is 3.05. The molecule has 6 heteroatoms. The summed E-state index contributed by atoms with van der Waals surface area (Å²) in [6.07, 6.45) is 0.299. The molecule has 0 saturated heterocycles. The Kier molecular flexibility index (Phi) is 5.82. The second-order valence-corrected chi connectivity index (χ2v) is 7.54. The van der Waals surface area contributed by atoms with E-state index in [0.717, 1.165) is 33.0 Å². The van der Waals surface area contributed by atoms with Crippen molar-refractivity contribution in [2.24, 2.45) is 0 Å². The third-order valence-corrected chi connectivity index (χ3v) is 5.36. The van der Waals surface area contributed by atoms with Gasteiger partial charge >= 0.3 is 0 Å². The van der Waals surface area contributed by atoms with Gasteiger partial charge in [-0.05, 0) is 61.7 Å². The monoisotopic (exact) mass is 378 g/mol. The maximum atomic E-state index is 12.8. The van der Waals surface area contributed by atoms with Crippen molar-refractivity contribution in [2.45, 2.75) is 32.3 Å². The highest BCUT2D eigenvalue weighted by atomic mass is 32.2. The van der Waals surface area contributed by atoms with E-state index < -0.39 is 0 Å². The Morgan fingerprint density at radius 3 is 2.74 bits per heavy atom. The summed E-state index contributed by atoms with van der Waals surface area (Å²) < 4.78 is 0. The number of benzene rings is 2. The first-order valence-corrected chi connectivity index (χ1v) is 9.80. The Morgan fingerprint density at radius 2 is 2.00 bits per heavy atom. The number of aromatic amines is 1. The molecule has 0 atom stereocenters. The smallest absolute Gasteiger partial charge is 0.237 e. The lowest BCUT2D eigenvalue weighted by Crippen LogP contribution is -2.33. The number of hydrogen-bond acceptors (Lipinski definition) is 4. The van der Waals surface area contributed by atoms with Crippen LogP contribution >= 0.6 is 11.8 Å². The van der Waals surface area contributed by atoms with Crippen LogP contribution in [0.5, 0.6) is 0 Å². The van der Waals surface area contributed by atoms with Crippen molar-refractivity contribution in [2.75, 3.05) is 17.2 Å². The number of fused-ring (bicyclic) bond motifs is 1. The van der Waals surface area contributed by atoms with Crippen LogP contribution < -0.4 is 4.90 Å². The van der Waals surface area contributed by atoms with Crippen LogP contribution in [0, 0.1) is 32.1 Å². The fraction of sp³-hybridized carbons (Fsp3) is 0.286. The van der Waals surface area contributed by atoms with Gasteiger partial charge in [-0.25, -0.2) is 4.98 Å². The molecule has 2 aromatic carbocycles. The van der Waals surface area contributed by atoms with Crippen molar-refractivity contribution >= 4 is 34.4 Å². The highest BCUT2D eigenvalue weighted by molar-refractivity contribution is 7.99. The van der Waals surface area contributed by atoms with E-state index in [0.29, 0.717) is 13.0 Å². The number of aryl methyl sites for hydroxylation is 3. The molecule has 1 amide bonds. The van der Waals surface area contributed by atoms with Gasteiger partial charge in [-0.15, -0.1) is 0 Å². The maximum absolute atomic E-state index is 12.8. The summed E-state index contributed by atoms with van der Waals surface area (Å²) in [5, 5.41) is 9.67. The van der Waals surface area contributed by atoms with Gasteiger partial charge in [0.25, 0.3) is 0 Å². The summed E-state index contributed by atoms with van der Waals surface area (Å²) in [4.78, 5) is 22.3. The predicted molar refractivity (Wildman–Crippen MR) is 110 cm³/mol. The van der Waals surface area contributed by atoms with Gasteiger partial charge in [0.1, 0.15) is 0 Å². The lowest BCUT2D eigenvalue weighted by Gasteiger charge is -2.22. The average molecular weight is 379 g/mol. The number of carbonyl (C=O) groups excluding carboxylic acids is 1. The molecule has 138 valence electrons. The SMILES string of the molecule is Cc1ccc2nc(SCC(=O)N(CCC#N)c3ccc(C)c(C)c3)[nH]c2c1. The molecule has 0 aliphatic carbocycles. The molecule has 0 spiro atoms. The Bertz CT molecular complexity index is 1020. The molecule has 0 radical (unpaired) electrons. The Balaban J connectivity index is 1.75. The number of rotatable bonds is 6. The van der Waals surface area contributed by atoms with Crippen LogP contribution in [0.25, 0.3) is 11.0 Å². The van der Waals surface area contributed by atoms with Gasteiger partial charge in [-0.1, -0.05) is 23.9 Å². The largest absolute Gasteiger partial charge is 0.333 e. The van der Waals surface area contributed by atoms with Crippen LogP contribution in [0.15, 0.2) is 41.6 Å². The van der Waals surface area contributed by atoms with Crippen LogP contribution in [0.2, 0.25) is 0 Å². The first-order chi connectivity index (χ1) is 13.0. The minimum Gasteiger partial charge on any atom is -0.333 e. The third kappa shape index (κ3) is 4.50. The second-order valence-electron chi connectivity index (χ2n) is 6.57. The number of amides is 1. The minimum absolute atomic E-state index is 0.0323. The van der Waals surface area contributed by atoms with E-state index in [1.54, 1.807) is 4.90 Å². The zero-order valence-corrected chi connectivity index (χ0v) is 16.6. The topological polar surface area (TPSA) is 72.8 Å². The second kappa shape index (κ2) is 8.28. The number of anilines is 1. The van der Waals surface area contributed by atoms with E-state index in [4.69, 9.17) is 5.26 Å². The molecule has 0 saturated carbocycles. The summed E-state index contributed by atoms with van der Waals surface area (Å²) in [6, 6.07) is 14.1. The van der Waals surface area contributed by atoms with E-state index in [-0.39, 0.29) is 11.7 Å². The molecule has 0 fully saturated rings. The van der Waals surface area contributed by atoms with E-state index in [9.17, 15) is 4.79 Å². The molecule has 1 N–H and O–H groups in total. The normalized spacial score (nSPS) is 10.7. The summed E-state index contributed by atoms with van der Waals surface area (Å²) in [6.45, 7) is 6.49. The Morgan fingerprint density at radius 1 is 1.19 bits per heavy atom. The zero-order valence-electron chi connectivity index (χ0n) is 15.7. The van der Waals surface area contributed by atoms with Crippen LogP contribution in [0.3, 0.4) is 0 Å². The molecule has 0 aliphatic rings. The van der Waals surface area contributed by atoms with Crippen LogP contribution in [0.4, 0.5) is 5.69 Å². The van der Waals surface area contributed by atoms with Gasteiger partial charge in [0.15, 0.2) is 5.16 Å². The van der Waals surface area contributed by atoms with E-state index in [1.807, 2.05) is 57.2 Å². The number of imidazole rings is 1. The van der Waals surface area contributed by atoms with Crippen LogP contribution in [0.1, 0.15) is 23.1 Å². The van der Waals surface area contributed by atoms with Crippen molar-refractivity contribution < 1.29 is 4.79 Å². The summed E-state index contributed by atoms with van der Waals surface area (Å²) >= 11 is 1.38. The number of nitrogens with zero attached hydrogens (tertiary/aromatic N) is 3. The molecule has 27 heavy (non-hydrogen) atoms. The highest BCUT2D eigenvalue weighted by Gasteiger charge is 2.17. The summed E-state index contributed by atoms with van der Waals surface area (Å²) in [5.74, 6) is 0.229. The lowest BCUT2D eigenvalue weighted by molar-refractivity contribution is -0.116. The van der Waals surface area contributed by atoms with Gasteiger partial charge in [0, 0.05) is 12.2 Å². The van der Waals surface area contributed by atoms with Crippen LogP contribution in [-0.4, -0.2) is 28.2 Å². The van der Waals surface area contributed by atoms with Crippen molar-refractivity contribution in [1.82, 2.24) is 9.97 Å². The quantitative estimate of drug-likeness (QED) is 0.640. The van der Waals surface area contributed by atoms with Crippen molar-refractivity contribution in [3.05, 3.63) is 53.1 Å². The molecule has 1 heterocycles. The van der Waals surface area contributed by atoms with E-state index in [1.165, 1.54) is 17.3 Å². The van der Waals surface area contributed by atoms with Crippen molar-refractivity contribution in [1.29, 1.82) is 5.26 Å². The molecule has 1 aromatic heterocycles. The molecular weight excluding hydrogens is 356 g/mol. The predicted octanol–water partition coefficient (Wildman–Crippen LogP) is 4.53. The van der Waals surface area contributed by atoms with Gasteiger partial charge in [0.05, 0.1) is 29.3 Å². The fourth-order valence-electron chi connectivity index (χ4n) is 2.83. The fourth-order valence-corrected chi connectivity index (χ4v) is 3.59. The number of nitriles is 1. The number of H-pyrrole nitrogens is 1. The number of aromatic nitrogens is 2. The number of carbonyl (C=O) groups is 1. The molecule has 3 aromatic rings. The van der Waals surface area contributed by atoms with Gasteiger partial charge in [-0.2, -0.15) is 5.26 Å². The first kappa shape index (κ1) is 19.0. The van der Waals surface area contributed by atoms with Crippen molar-refractivity contribution in [3.63, 3.8) is 0 Å². The highest BCUT2D eigenvalue weighted by Crippen LogP contribution is 2.23. The minimum atomic E-state index is -0.0323. The summed E-state index contributed by atoms with van der Waals surface area (Å²) in [7, 11) is 0. The van der Waals surface area contributed by atoms with Gasteiger partial charge < -0.3 is 9.88 Å². The molecule has 5 nitrogen and oxygen atoms in total. The van der Waals surface area contributed by atoms with Gasteiger partial charge in [-0.3, -0.25) is 4.79 Å². The standard InChI is InChI=1S/C21H22N4OS/c1-14-5-8-18-19(11-14)24-21(23-18)27-13-20(26)25(10-4-9-22)17-7-6-15(2)16(3)12-17/h5-8,11-12H,4,10,13H2,1-3H3,(H,23,24). The van der Waals surface area contributed by atoms with E-state index in [2.05, 4.69) is 16.0 Å². The zero-order chi connectivity index (χ0) is 19.4.